The third-order valence-electron chi connectivity index (χ3n) is 5.11. The first-order valence-corrected chi connectivity index (χ1v) is 11.7. The van der Waals surface area contributed by atoms with Gasteiger partial charge in [0.25, 0.3) is 5.91 Å². The molecule has 6 nitrogen and oxygen atoms in total. The van der Waals surface area contributed by atoms with Crippen LogP contribution in [0.15, 0.2) is 52.9 Å². The van der Waals surface area contributed by atoms with E-state index in [1.54, 1.807) is 47.1 Å². The van der Waals surface area contributed by atoms with E-state index >= 15 is 0 Å². The highest BCUT2D eigenvalue weighted by atomic mass is 35.5. The van der Waals surface area contributed by atoms with E-state index in [9.17, 15) is 4.79 Å². The van der Waals surface area contributed by atoms with Crippen molar-refractivity contribution in [2.75, 3.05) is 5.32 Å². The molecular formula is C24H19Cl4N3O3. The smallest absolute Gasteiger partial charge is 0.291 e. The Morgan fingerprint density at radius 3 is 2.59 bits per heavy atom. The maximum absolute atomic E-state index is 12.8. The predicted octanol–water partition coefficient (Wildman–Crippen LogP) is 7.59. The van der Waals surface area contributed by atoms with E-state index in [2.05, 4.69) is 10.4 Å². The minimum absolute atomic E-state index is 0.0903. The molecule has 1 amide bonds. The standard InChI is InChI=1S/C24H19Cl4N3O3/c1-13-23(14(2)31(30-13)11-15-6-8-17(25)19(27)10-15)29-24(32)21-9-7-16(34-21)12-33-20-5-3-4-18(26)22(20)28/h3-10H,11-12H2,1-2H3,(H,29,32). The number of hydrogen-bond donors (Lipinski definition) is 1. The molecule has 0 fully saturated rings. The van der Waals surface area contributed by atoms with Gasteiger partial charge in [-0.1, -0.05) is 58.5 Å². The Bertz CT molecular complexity index is 1360. The summed E-state index contributed by atoms with van der Waals surface area (Å²) in [5, 5.41) is 9.10. The summed E-state index contributed by atoms with van der Waals surface area (Å²) >= 11 is 24.2. The SMILES string of the molecule is Cc1nn(Cc2ccc(Cl)c(Cl)c2)c(C)c1NC(=O)c1ccc(COc2cccc(Cl)c2Cl)o1. The van der Waals surface area contributed by atoms with Gasteiger partial charge >= 0.3 is 0 Å². The number of benzene rings is 2. The van der Waals surface area contributed by atoms with Crippen molar-refractivity contribution in [2.24, 2.45) is 0 Å². The number of amides is 1. The van der Waals surface area contributed by atoms with E-state index in [1.165, 1.54) is 0 Å². The number of carbonyl (C=O) groups excluding carboxylic acids is 1. The van der Waals surface area contributed by atoms with Crippen LogP contribution in [-0.4, -0.2) is 15.7 Å². The van der Waals surface area contributed by atoms with Gasteiger partial charge in [0.1, 0.15) is 23.1 Å². The Kier molecular flexibility index (Phi) is 7.43. The van der Waals surface area contributed by atoms with Crippen molar-refractivity contribution in [1.29, 1.82) is 0 Å². The Morgan fingerprint density at radius 1 is 1.03 bits per heavy atom. The van der Waals surface area contributed by atoms with Crippen molar-refractivity contribution < 1.29 is 13.9 Å². The van der Waals surface area contributed by atoms with Crippen LogP contribution in [0.25, 0.3) is 0 Å². The minimum atomic E-state index is -0.396. The normalized spacial score (nSPS) is 11.0. The number of aryl methyl sites for hydroxylation is 1. The summed E-state index contributed by atoms with van der Waals surface area (Å²) in [5.41, 5.74) is 3.03. The molecule has 2 aromatic heterocycles. The zero-order valence-corrected chi connectivity index (χ0v) is 21.2. The number of halogens is 4. The van der Waals surface area contributed by atoms with Crippen LogP contribution < -0.4 is 10.1 Å². The first-order valence-electron chi connectivity index (χ1n) is 10.2. The van der Waals surface area contributed by atoms with Gasteiger partial charge in [0, 0.05) is 0 Å². The molecule has 0 spiro atoms. The second-order valence-electron chi connectivity index (χ2n) is 7.51. The summed E-state index contributed by atoms with van der Waals surface area (Å²) in [7, 11) is 0. The molecule has 0 aliphatic rings. The van der Waals surface area contributed by atoms with Gasteiger partial charge in [-0.25, -0.2) is 0 Å². The number of hydrogen-bond acceptors (Lipinski definition) is 4. The maximum Gasteiger partial charge on any atom is 0.291 e. The molecule has 2 aromatic carbocycles. The van der Waals surface area contributed by atoms with Crippen molar-refractivity contribution in [3.63, 3.8) is 0 Å². The molecule has 4 aromatic rings. The molecule has 34 heavy (non-hydrogen) atoms. The summed E-state index contributed by atoms with van der Waals surface area (Å²) in [5.74, 6) is 0.640. The zero-order chi connectivity index (χ0) is 24.4. The van der Waals surface area contributed by atoms with Crippen LogP contribution in [0.3, 0.4) is 0 Å². The third-order valence-corrected chi connectivity index (χ3v) is 6.65. The molecule has 0 saturated heterocycles. The first-order chi connectivity index (χ1) is 16.2. The molecule has 0 unspecified atom stereocenters. The predicted molar refractivity (Wildman–Crippen MR) is 135 cm³/mol. The molecule has 0 atom stereocenters. The van der Waals surface area contributed by atoms with Gasteiger partial charge in [0.15, 0.2) is 5.76 Å². The van der Waals surface area contributed by atoms with E-state index in [4.69, 9.17) is 55.6 Å². The largest absolute Gasteiger partial charge is 0.484 e. The summed E-state index contributed by atoms with van der Waals surface area (Å²) in [6, 6.07) is 13.8. The number of furan rings is 1. The summed E-state index contributed by atoms with van der Waals surface area (Å²) < 4.78 is 13.1. The zero-order valence-electron chi connectivity index (χ0n) is 18.2. The highest BCUT2D eigenvalue weighted by Crippen LogP contribution is 2.32. The Hall–Kier alpha value is -2.64. The average Bonchev–Trinajstić information content (AvgIpc) is 3.38. The van der Waals surface area contributed by atoms with Gasteiger partial charge in [0.05, 0.1) is 38.7 Å². The average molecular weight is 539 g/mol. The Balaban J connectivity index is 1.43. The third kappa shape index (κ3) is 5.36. The lowest BCUT2D eigenvalue weighted by Gasteiger charge is -2.08. The fraction of sp³-hybridized carbons (Fsp3) is 0.167. The molecule has 1 N–H and O–H groups in total. The number of anilines is 1. The lowest BCUT2D eigenvalue weighted by Crippen LogP contribution is -2.12. The topological polar surface area (TPSA) is 69.3 Å². The molecular weight excluding hydrogens is 520 g/mol. The van der Waals surface area contributed by atoms with Gasteiger partial charge in [-0.3, -0.25) is 9.48 Å². The monoisotopic (exact) mass is 537 g/mol. The highest BCUT2D eigenvalue weighted by molar-refractivity contribution is 6.43. The van der Waals surface area contributed by atoms with E-state index < -0.39 is 5.91 Å². The van der Waals surface area contributed by atoms with Crippen LogP contribution in [-0.2, 0) is 13.2 Å². The molecule has 4 rings (SSSR count). The van der Waals surface area contributed by atoms with E-state index in [0.717, 1.165) is 11.3 Å². The van der Waals surface area contributed by atoms with Crippen LogP contribution in [0.2, 0.25) is 20.1 Å². The molecule has 0 radical (unpaired) electrons. The fourth-order valence-electron chi connectivity index (χ4n) is 3.34. The number of nitrogens with zero attached hydrogens (tertiary/aromatic N) is 2. The number of rotatable bonds is 7. The lowest BCUT2D eigenvalue weighted by molar-refractivity contribution is 0.0992. The quantitative estimate of drug-likeness (QED) is 0.263. The first kappa shape index (κ1) is 24.5. The van der Waals surface area contributed by atoms with E-state index in [0.29, 0.717) is 49.5 Å². The van der Waals surface area contributed by atoms with E-state index in [1.807, 2.05) is 19.9 Å². The van der Waals surface area contributed by atoms with Crippen molar-refractivity contribution in [1.82, 2.24) is 9.78 Å². The van der Waals surface area contributed by atoms with Gasteiger partial charge in [-0.05, 0) is 55.8 Å². The van der Waals surface area contributed by atoms with Crippen molar-refractivity contribution in [2.45, 2.75) is 27.0 Å². The summed E-state index contributed by atoms with van der Waals surface area (Å²) in [6.45, 7) is 4.27. The van der Waals surface area contributed by atoms with Crippen molar-refractivity contribution in [3.05, 3.63) is 97.1 Å². The molecule has 2 heterocycles. The van der Waals surface area contributed by atoms with Crippen LogP contribution in [0.4, 0.5) is 5.69 Å². The van der Waals surface area contributed by atoms with Gasteiger partial charge < -0.3 is 14.5 Å². The number of carbonyl (C=O) groups is 1. The van der Waals surface area contributed by atoms with Crippen molar-refractivity contribution >= 4 is 58.0 Å². The molecule has 0 aliphatic heterocycles. The van der Waals surface area contributed by atoms with Crippen LogP contribution in [0.1, 0.15) is 33.3 Å². The summed E-state index contributed by atoms with van der Waals surface area (Å²) in [4.78, 5) is 12.8. The minimum Gasteiger partial charge on any atom is -0.484 e. The molecule has 10 heteroatoms. The van der Waals surface area contributed by atoms with Crippen LogP contribution in [0.5, 0.6) is 5.75 Å². The highest BCUT2D eigenvalue weighted by Gasteiger charge is 2.18. The molecule has 0 saturated carbocycles. The molecule has 0 aliphatic carbocycles. The Labute approximate surface area is 216 Å². The van der Waals surface area contributed by atoms with Gasteiger partial charge in [-0.2, -0.15) is 5.10 Å². The van der Waals surface area contributed by atoms with Crippen LogP contribution >= 0.6 is 46.4 Å². The molecule has 176 valence electrons. The van der Waals surface area contributed by atoms with Crippen LogP contribution in [0, 0.1) is 13.8 Å². The second-order valence-corrected chi connectivity index (χ2v) is 9.11. The number of ether oxygens (including phenoxy) is 1. The number of aromatic nitrogens is 2. The van der Waals surface area contributed by atoms with Gasteiger partial charge in [0.2, 0.25) is 0 Å². The summed E-state index contributed by atoms with van der Waals surface area (Å²) in [6.07, 6.45) is 0. The van der Waals surface area contributed by atoms with Gasteiger partial charge in [-0.15, -0.1) is 0 Å². The van der Waals surface area contributed by atoms with Crippen molar-refractivity contribution in [3.8, 4) is 5.75 Å². The van der Waals surface area contributed by atoms with E-state index in [-0.39, 0.29) is 12.4 Å². The second kappa shape index (κ2) is 10.3. The Morgan fingerprint density at radius 2 is 1.82 bits per heavy atom. The maximum atomic E-state index is 12.8. The lowest BCUT2D eigenvalue weighted by atomic mass is 10.2. The fourth-order valence-corrected chi connectivity index (χ4v) is 4.01. The number of nitrogens with one attached hydrogen (secondary N) is 1. The molecule has 0 bridgehead atoms.